The van der Waals surface area contributed by atoms with Gasteiger partial charge in [-0.15, -0.1) is 6.42 Å². The third-order valence-electron chi connectivity index (χ3n) is 8.15. The quantitative estimate of drug-likeness (QED) is 0.0241. The van der Waals surface area contributed by atoms with E-state index in [-0.39, 0.29) is 6.42 Å². The molecule has 324 valence electrons. The molecule has 0 aliphatic heterocycles. The second-order valence-electron chi connectivity index (χ2n) is 13.0. The van der Waals surface area contributed by atoms with Crippen molar-refractivity contribution >= 4 is 27.6 Å². The molecule has 1 aliphatic carbocycles. The van der Waals surface area contributed by atoms with Crippen LogP contribution in [0.5, 0.6) is 0 Å². The first-order valence-corrected chi connectivity index (χ1v) is 22.1. The van der Waals surface area contributed by atoms with Crippen LogP contribution in [0.2, 0.25) is 0 Å². The van der Waals surface area contributed by atoms with Crippen LogP contribution in [-0.2, 0) is 41.8 Å². The van der Waals surface area contributed by atoms with Crippen LogP contribution in [0.1, 0.15) is 96.8 Å². The highest BCUT2D eigenvalue weighted by atomic mass is 31.2. The zero-order chi connectivity index (χ0) is 44.7. The Morgan fingerprint density at radius 3 is 1.42 bits per heavy atom. The lowest BCUT2D eigenvalue weighted by Crippen LogP contribution is -2.64. The fourth-order valence-corrected chi connectivity index (χ4v) is 6.80. The summed E-state index contributed by atoms with van der Waals surface area (Å²) in [5, 5.41) is 41.2. The molecule has 1 rings (SSSR count). The number of esters is 2. The highest BCUT2D eigenvalue weighted by Gasteiger charge is 2.54. The largest absolute Gasteiger partial charge is 0.472 e. The maximum atomic E-state index is 12.8. The molecule has 0 heterocycles. The molecule has 16 nitrogen and oxygen atoms in total. The molecule has 0 aromatic carbocycles. The van der Waals surface area contributed by atoms with Gasteiger partial charge in [-0.25, -0.2) is 13.9 Å². The van der Waals surface area contributed by atoms with Crippen molar-refractivity contribution in [1.29, 1.82) is 0 Å². The minimum absolute atomic E-state index is 0.0343. The lowest BCUT2D eigenvalue weighted by Gasteiger charge is -2.43. The molecule has 4 unspecified atom stereocenters. The van der Waals surface area contributed by atoms with Crippen LogP contribution in [0.4, 0.5) is 0 Å². The number of phosphoric acid groups is 2. The molecule has 0 spiro atoms. The van der Waals surface area contributed by atoms with Gasteiger partial charge in [0.05, 0.1) is 6.61 Å². The van der Waals surface area contributed by atoms with Gasteiger partial charge < -0.3 is 44.6 Å². The first-order valence-electron chi connectivity index (χ1n) is 19.1. The van der Waals surface area contributed by atoms with Crippen LogP contribution < -0.4 is 0 Å². The standard InChI is InChI=1S/C42H50O16P2/c1-3-5-7-9-11-13-15-17-19-20-22-24-26-28-30-35(43)54-32-34(56-36(44)31-29-27-25-23-21-18-16-14-12-10-8-6-4-2)33-55-60(52,53)58-42-39(47)37(45)41(38(46)40(42)48)57-59(49,50)51/h1,34,37-42,45-48H,4,6,8,10,12,14,16,18,21,23,25,27,29,31-33H2,2H3,(H,52,53)(H2,49,50,51)/t34-,37-,38+,39?,40-,41?,42?/m1/s1. The van der Waals surface area contributed by atoms with Crippen LogP contribution in [0, 0.1) is 95.2 Å². The number of hydrogen-bond acceptors (Lipinski definition) is 13. The topological polar surface area (TPSA) is 256 Å². The number of unbranched alkanes of at least 4 members (excludes halogenated alkanes) is 12. The van der Waals surface area contributed by atoms with Crippen molar-refractivity contribution in [3.63, 3.8) is 0 Å². The molecule has 0 bridgehead atoms. The fraction of sp³-hybridized carbons (Fsp3) is 0.571. The van der Waals surface area contributed by atoms with Gasteiger partial charge in [-0.05, 0) is 89.3 Å². The van der Waals surface area contributed by atoms with Gasteiger partial charge in [-0.1, -0.05) is 84.0 Å². The molecular formula is C42H50O16P2. The molecule has 0 saturated heterocycles. The van der Waals surface area contributed by atoms with Gasteiger partial charge in [0.1, 0.15) is 43.2 Å². The van der Waals surface area contributed by atoms with E-state index in [1.807, 2.05) is 0 Å². The predicted molar refractivity (Wildman–Crippen MR) is 216 cm³/mol. The summed E-state index contributed by atoms with van der Waals surface area (Å²) in [5.74, 6) is 32.9. The number of carbonyl (C=O) groups excluding carboxylic acids is 2. The number of phosphoric ester groups is 2. The summed E-state index contributed by atoms with van der Waals surface area (Å²) in [6.07, 6.45) is 3.79. The average molecular weight is 873 g/mol. The van der Waals surface area contributed by atoms with Crippen molar-refractivity contribution in [3.05, 3.63) is 0 Å². The van der Waals surface area contributed by atoms with Crippen LogP contribution in [0.25, 0.3) is 0 Å². The van der Waals surface area contributed by atoms with Gasteiger partial charge in [-0.2, -0.15) is 0 Å². The number of rotatable bonds is 24. The zero-order valence-electron chi connectivity index (χ0n) is 33.1. The van der Waals surface area contributed by atoms with Gasteiger partial charge in [-0.3, -0.25) is 18.4 Å². The Morgan fingerprint density at radius 1 is 0.583 bits per heavy atom. The van der Waals surface area contributed by atoms with Crippen molar-refractivity contribution in [2.75, 3.05) is 13.2 Å². The molecule has 0 aromatic heterocycles. The van der Waals surface area contributed by atoms with E-state index in [1.54, 1.807) is 0 Å². The third-order valence-corrected chi connectivity index (χ3v) is 9.66. The Hall–Kier alpha value is -4.52. The number of terminal acetylenes is 1. The van der Waals surface area contributed by atoms with E-state index in [0.717, 1.165) is 32.1 Å². The van der Waals surface area contributed by atoms with Crippen molar-refractivity contribution in [1.82, 2.24) is 0 Å². The van der Waals surface area contributed by atoms with Crippen molar-refractivity contribution < 1.29 is 76.9 Å². The van der Waals surface area contributed by atoms with Crippen LogP contribution in [0.15, 0.2) is 0 Å². The van der Waals surface area contributed by atoms with Crippen LogP contribution in [0.3, 0.4) is 0 Å². The zero-order valence-corrected chi connectivity index (χ0v) is 34.9. The maximum Gasteiger partial charge on any atom is 0.472 e. The molecule has 0 amide bonds. The van der Waals surface area contributed by atoms with E-state index in [2.05, 4.69) is 100 Å². The molecular weight excluding hydrogens is 822 g/mol. The van der Waals surface area contributed by atoms with Gasteiger partial charge in [0.2, 0.25) is 0 Å². The summed E-state index contributed by atoms with van der Waals surface area (Å²) in [4.78, 5) is 53.3. The first-order chi connectivity index (χ1) is 28.6. The fourth-order valence-electron chi connectivity index (χ4n) is 5.27. The highest BCUT2D eigenvalue weighted by Crippen LogP contribution is 2.48. The summed E-state index contributed by atoms with van der Waals surface area (Å²) in [6.45, 7) is 0.522. The smallest absolute Gasteiger partial charge is 0.456 e. The van der Waals surface area contributed by atoms with E-state index < -0.39 is 83.5 Å². The van der Waals surface area contributed by atoms with E-state index in [1.165, 1.54) is 44.9 Å². The number of ether oxygens (including phenoxy) is 2. The summed E-state index contributed by atoms with van der Waals surface area (Å²) >= 11 is 0. The monoisotopic (exact) mass is 872 g/mol. The maximum absolute atomic E-state index is 12.8. The second-order valence-corrected chi connectivity index (χ2v) is 15.6. The van der Waals surface area contributed by atoms with Gasteiger partial charge in [0, 0.05) is 12.3 Å². The summed E-state index contributed by atoms with van der Waals surface area (Å²) in [5.41, 5.74) is 0. The molecule has 1 saturated carbocycles. The van der Waals surface area contributed by atoms with Gasteiger partial charge >= 0.3 is 27.6 Å². The van der Waals surface area contributed by atoms with Gasteiger partial charge in [0.25, 0.3) is 0 Å². The molecule has 0 aromatic rings. The highest BCUT2D eigenvalue weighted by molar-refractivity contribution is 7.47. The lowest BCUT2D eigenvalue weighted by atomic mass is 9.85. The molecule has 7 N–H and O–H groups in total. The minimum Gasteiger partial charge on any atom is -0.456 e. The third kappa shape index (κ3) is 25.9. The number of aliphatic hydroxyl groups is 4. The number of aliphatic hydroxyl groups excluding tert-OH is 4. The Morgan fingerprint density at radius 2 is 0.983 bits per heavy atom. The lowest BCUT2D eigenvalue weighted by molar-refractivity contribution is -0.216. The van der Waals surface area contributed by atoms with Crippen molar-refractivity contribution in [2.24, 2.45) is 0 Å². The molecule has 1 aliphatic rings. The Balaban J connectivity index is 2.82. The normalized spacial score (nSPS) is 20.3. The van der Waals surface area contributed by atoms with E-state index in [4.69, 9.17) is 34.7 Å². The molecule has 0 radical (unpaired) electrons. The Bertz CT molecular complexity index is 1960. The average Bonchev–Trinajstić information content (AvgIpc) is 3.20. The molecule has 60 heavy (non-hydrogen) atoms. The SMILES string of the molecule is C#CC#CC#CC#CC#CC#CC#CC#CC(=O)OC[C@H](COP(=O)(O)OC1C(O)[C@@H](O)C(OP(=O)(O)O)[C@@H](O)[C@H]1O)OC(=O)CCCCCCCCCCCCCCC. The van der Waals surface area contributed by atoms with Crippen LogP contribution in [-0.4, -0.2) is 103 Å². The Labute approximate surface area is 351 Å². The van der Waals surface area contributed by atoms with Crippen LogP contribution >= 0.6 is 15.6 Å². The van der Waals surface area contributed by atoms with Crippen molar-refractivity contribution in [2.45, 2.75) is 140 Å². The minimum atomic E-state index is -5.35. The van der Waals surface area contributed by atoms with Gasteiger partial charge in [0.15, 0.2) is 6.10 Å². The van der Waals surface area contributed by atoms with E-state index in [9.17, 15) is 44.0 Å². The summed E-state index contributed by atoms with van der Waals surface area (Å²) < 4.78 is 48.3. The number of carbonyl (C=O) groups is 2. The molecule has 18 heteroatoms. The first kappa shape index (κ1) is 53.5. The number of hydrogen-bond donors (Lipinski definition) is 7. The Kier molecular flexibility index (Phi) is 28.0. The summed E-state index contributed by atoms with van der Waals surface area (Å²) in [7, 11) is -10.7. The molecule has 8 atom stereocenters. The second kappa shape index (κ2) is 31.4. The van der Waals surface area contributed by atoms with E-state index in [0.29, 0.717) is 6.42 Å². The summed E-state index contributed by atoms with van der Waals surface area (Å²) in [6, 6.07) is 0. The predicted octanol–water partition coefficient (Wildman–Crippen LogP) is 2.02. The molecule has 1 fully saturated rings. The van der Waals surface area contributed by atoms with Crippen molar-refractivity contribution in [3.8, 4) is 95.2 Å². The van der Waals surface area contributed by atoms with E-state index >= 15 is 0 Å².